The standard InChI is InChI=1S/C13H21N5OS/c1-13(2)6-5-9(7-13)14-11(19)8-20-12-15-16-17-18(12)10-3-4-10/h9-10H,3-8H2,1-2H3,(H,14,19). The van der Waals surface area contributed by atoms with E-state index in [1.165, 1.54) is 18.2 Å². The fourth-order valence-electron chi connectivity index (χ4n) is 2.79. The second-order valence-electron chi connectivity index (χ2n) is 6.60. The van der Waals surface area contributed by atoms with Gasteiger partial charge in [-0.2, -0.15) is 0 Å². The Hall–Kier alpha value is -1.11. The van der Waals surface area contributed by atoms with Gasteiger partial charge in [0, 0.05) is 6.04 Å². The molecule has 1 aromatic rings. The molecular weight excluding hydrogens is 274 g/mol. The summed E-state index contributed by atoms with van der Waals surface area (Å²) in [6.07, 6.45) is 5.63. The van der Waals surface area contributed by atoms with Gasteiger partial charge in [0.2, 0.25) is 11.1 Å². The molecule has 0 aromatic carbocycles. The van der Waals surface area contributed by atoms with Gasteiger partial charge in [-0.3, -0.25) is 4.79 Å². The molecule has 2 fully saturated rings. The molecule has 7 heteroatoms. The summed E-state index contributed by atoms with van der Waals surface area (Å²) in [4.78, 5) is 12.0. The van der Waals surface area contributed by atoms with Crippen molar-refractivity contribution in [1.29, 1.82) is 0 Å². The molecule has 2 aliphatic carbocycles. The van der Waals surface area contributed by atoms with Crippen LogP contribution in [0.4, 0.5) is 0 Å². The molecule has 2 aliphatic rings. The summed E-state index contributed by atoms with van der Waals surface area (Å²) >= 11 is 1.43. The first-order chi connectivity index (χ1) is 9.53. The van der Waals surface area contributed by atoms with Crippen molar-refractivity contribution in [2.75, 3.05) is 5.75 Å². The number of aromatic nitrogens is 4. The lowest BCUT2D eigenvalue weighted by atomic mass is 9.92. The maximum absolute atomic E-state index is 12.0. The SMILES string of the molecule is CC1(C)CCC(NC(=O)CSc2nnnn2C2CC2)C1. The summed E-state index contributed by atoms with van der Waals surface area (Å²) in [5.41, 5.74) is 0.362. The first kappa shape index (κ1) is 13.9. The molecule has 1 heterocycles. The fourth-order valence-corrected chi connectivity index (χ4v) is 3.54. The van der Waals surface area contributed by atoms with Crippen molar-refractivity contribution in [3.8, 4) is 0 Å². The van der Waals surface area contributed by atoms with Gasteiger partial charge in [-0.25, -0.2) is 4.68 Å². The highest BCUT2D eigenvalue weighted by Crippen LogP contribution is 2.37. The van der Waals surface area contributed by atoms with Crippen LogP contribution in [0.3, 0.4) is 0 Å². The van der Waals surface area contributed by atoms with Gasteiger partial charge in [-0.05, 0) is 47.9 Å². The van der Waals surface area contributed by atoms with Gasteiger partial charge in [0.15, 0.2) is 0 Å². The van der Waals surface area contributed by atoms with Crippen molar-refractivity contribution in [2.45, 2.75) is 63.2 Å². The zero-order valence-electron chi connectivity index (χ0n) is 12.0. The van der Waals surface area contributed by atoms with Gasteiger partial charge < -0.3 is 5.32 Å². The summed E-state index contributed by atoms with van der Waals surface area (Å²) < 4.78 is 1.84. The van der Waals surface area contributed by atoms with Crippen molar-refractivity contribution in [2.24, 2.45) is 5.41 Å². The molecule has 1 aromatic heterocycles. The van der Waals surface area contributed by atoms with E-state index in [4.69, 9.17) is 0 Å². The smallest absolute Gasteiger partial charge is 0.230 e. The molecule has 0 radical (unpaired) electrons. The fraction of sp³-hybridized carbons (Fsp3) is 0.846. The van der Waals surface area contributed by atoms with E-state index in [0.717, 1.165) is 30.8 Å². The van der Waals surface area contributed by atoms with Gasteiger partial charge in [-0.1, -0.05) is 25.6 Å². The largest absolute Gasteiger partial charge is 0.353 e. The van der Waals surface area contributed by atoms with Crippen LogP contribution in [0, 0.1) is 5.41 Å². The number of carbonyl (C=O) groups excluding carboxylic acids is 1. The van der Waals surface area contributed by atoms with Gasteiger partial charge in [0.25, 0.3) is 0 Å². The normalized spacial score (nSPS) is 24.8. The summed E-state index contributed by atoms with van der Waals surface area (Å²) in [5.74, 6) is 0.479. The highest BCUT2D eigenvalue weighted by atomic mass is 32.2. The second kappa shape index (κ2) is 5.35. The molecule has 110 valence electrons. The Labute approximate surface area is 123 Å². The Balaban J connectivity index is 1.46. The molecule has 1 N–H and O–H groups in total. The van der Waals surface area contributed by atoms with Gasteiger partial charge in [-0.15, -0.1) is 5.10 Å². The van der Waals surface area contributed by atoms with Gasteiger partial charge in [0.05, 0.1) is 11.8 Å². The Morgan fingerprint density at radius 1 is 1.45 bits per heavy atom. The van der Waals surface area contributed by atoms with Gasteiger partial charge >= 0.3 is 0 Å². The van der Waals surface area contributed by atoms with Crippen LogP contribution in [-0.2, 0) is 4.79 Å². The molecule has 0 aliphatic heterocycles. The Kier molecular flexibility index (Phi) is 3.70. The Morgan fingerprint density at radius 3 is 2.90 bits per heavy atom. The quantitative estimate of drug-likeness (QED) is 0.839. The molecule has 0 bridgehead atoms. The predicted octanol–water partition coefficient (Wildman–Crippen LogP) is 1.79. The third kappa shape index (κ3) is 3.31. The van der Waals surface area contributed by atoms with E-state index in [9.17, 15) is 4.79 Å². The number of amides is 1. The van der Waals surface area contributed by atoms with Gasteiger partial charge in [0.1, 0.15) is 0 Å². The molecular formula is C13H21N5OS. The van der Waals surface area contributed by atoms with Crippen LogP contribution in [0.5, 0.6) is 0 Å². The summed E-state index contributed by atoms with van der Waals surface area (Å²) in [6, 6.07) is 0.781. The number of nitrogens with zero attached hydrogens (tertiary/aromatic N) is 4. The van der Waals surface area contributed by atoms with Crippen molar-refractivity contribution in [1.82, 2.24) is 25.5 Å². The summed E-state index contributed by atoms with van der Waals surface area (Å²) in [7, 11) is 0. The van der Waals surface area contributed by atoms with E-state index in [0.29, 0.717) is 23.3 Å². The third-order valence-electron chi connectivity index (χ3n) is 4.02. The monoisotopic (exact) mass is 295 g/mol. The number of hydrogen-bond donors (Lipinski definition) is 1. The van der Waals surface area contributed by atoms with Crippen LogP contribution >= 0.6 is 11.8 Å². The average Bonchev–Trinajstić information content (AvgIpc) is 3.02. The third-order valence-corrected chi connectivity index (χ3v) is 4.95. The van der Waals surface area contributed by atoms with Crippen LogP contribution in [0.2, 0.25) is 0 Å². The molecule has 3 rings (SSSR count). The maximum atomic E-state index is 12.0. The lowest BCUT2D eigenvalue weighted by Gasteiger charge is -2.17. The molecule has 1 unspecified atom stereocenters. The minimum absolute atomic E-state index is 0.0862. The molecule has 0 saturated heterocycles. The number of nitrogens with one attached hydrogen (secondary N) is 1. The van der Waals surface area contributed by atoms with E-state index in [1.807, 2.05) is 4.68 Å². The minimum atomic E-state index is 0.0862. The first-order valence-corrected chi connectivity index (χ1v) is 8.22. The molecule has 20 heavy (non-hydrogen) atoms. The van der Waals surface area contributed by atoms with Crippen LogP contribution < -0.4 is 5.32 Å². The molecule has 1 amide bonds. The van der Waals surface area contributed by atoms with E-state index in [-0.39, 0.29) is 5.91 Å². The molecule has 1 atom stereocenters. The molecule has 6 nitrogen and oxygen atoms in total. The average molecular weight is 295 g/mol. The van der Waals surface area contributed by atoms with Crippen LogP contribution in [0.1, 0.15) is 52.0 Å². The Morgan fingerprint density at radius 2 is 2.25 bits per heavy atom. The summed E-state index contributed by atoms with van der Waals surface area (Å²) in [6.45, 7) is 4.52. The van der Waals surface area contributed by atoms with E-state index in [1.54, 1.807) is 0 Å². The van der Waals surface area contributed by atoms with E-state index in [2.05, 4.69) is 34.7 Å². The van der Waals surface area contributed by atoms with Crippen molar-refractivity contribution < 1.29 is 4.79 Å². The second-order valence-corrected chi connectivity index (χ2v) is 7.54. The van der Waals surface area contributed by atoms with E-state index >= 15 is 0 Å². The highest BCUT2D eigenvalue weighted by molar-refractivity contribution is 7.99. The first-order valence-electron chi connectivity index (χ1n) is 7.23. The van der Waals surface area contributed by atoms with Crippen molar-refractivity contribution in [3.05, 3.63) is 0 Å². The number of thioether (sulfide) groups is 1. The predicted molar refractivity (Wildman–Crippen MR) is 76.4 cm³/mol. The van der Waals surface area contributed by atoms with Crippen LogP contribution in [0.25, 0.3) is 0 Å². The zero-order chi connectivity index (χ0) is 14.2. The number of hydrogen-bond acceptors (Lipinski definition) is 5. The van der Waals surface area contributed by atoms with E-state index < -0.39 is 0 Å². The topological polar surface area (TPSA) is 72.7 Å². The van der Waals surface area contributed by atoms with Crippen molar-refractivity contribution in [3.63, 3.8) is 0 Å². The number of tetrazole rings is 1. The Bertz CT molecular complexity index is 497. The number of carbonyl (C=O) groups is 1. The zero-order valence-corrected chi connectivity index (χ0v) is 12.8. The lowest BCUT2D eigenvalue weighted by Crippen LogP contribution is -2.34. The van der Waals surface area contributed by atoms with Crippen molar-refractivity contribution >= 4 is 17.7 Å². The highest BCUT2D eigenvalue weighted by Gasteiger charge is 2.32. The summed E-state index contributed by atoms with van der Waals surface area (Å²) in [5, 5.41) is 15.5. The number of rotatable bonds is 5. The maximum Gasteiger partial charge on any atom is 0.230 e. The molecule has 0 spiro atoms. The molecule has 2 saturated carbocycles. The van der Waals surface area contributed by atoms with Crippen LogP contribution in [-0.4, -0.2) is 37.9 Å². The van der Waals surface area contributed by atoms with Crippen LogP contribution in [0.15, 0.2) is 5.16 Å². The minimum Gasteiger partial charge on any atom is -0.353 e. The lowest BCUT2D eigenvalue weighted by molar-refractivity contribution is -0.119.